The molecule has 16 heteroatoms. The zero-order chi connectivity index (χ0) is 32.3. The lowest BCUT2D eigenvalue weighted by molar-refractivity contribution is -0.144. The molecule has 0 heterocycles. The van der Waals surface area contributed by atoms with Gasteiger partial charge < -0.3 is 9.80 Å². The Kier molecular flexibility index (Phi) is 8.40. The van der Waals surface area contributed by atoms with Gasteiger partial charge in [-0.25, -0.2) is 0 Å². The van der Waals surface area contributed by atoms with Crippen molar-refractivity contribution in [1.82, 2.24) is 0 Å². The van der Waals surface area contributed by atoms with Gasteiger partial charge in [0, 0.05) is 23.5 Å². The first-order valence-electron chi connectivity index (χ1n) is 12.1. The topological polar surface area (TPSA) is 40.6 Å². The van der Waals surface area contributed by atoms with Gasteiger partial charge in [-0.15, -0.1) is 0 Å². The van der Waals surface area contributed by atoms with Crippen molar-refractivity contribution in [3.8, 4) is 0 Å². The van der Waals surface area contributed by atoms with E-state index in [4.69, 9.17) is 0 Å². The average Bonchev–Trinajstić information content (AvgIpc) is 2.82. The first-order chi connectivity index (χ1) is 18.9. The van der Waals surface area contributed by atoms with Crippen LogP contribution >= 0.6 is 0 Å². The number of alkyl halides is 12. The van der Waals surface area contributed by atoms with E-state index in [1.54, 1.807) is 0 Å². The highest BCUT2D eigenvalue weighted by molar-refractivity contribution is 6.33. The Morgan fingerprint density at radius 2 is 0.690 bits per heavy atom. The van der Waals surface area contributed by atoms with Gasteiger partial charge >= 0.3 is 24.7 Å². The van der Waals surface area contributed by atoms with Gasteiger partial charge in [0.05, 0.1) is 22.3 Å². The van der Waals surface area contributed by atoms with Gasteiger partial charge in [-0.2, -0.15) is 52.7 Å². The summed E-state index contributed by atoms with van der Waals surface area (Å²) >= 11 is 0. The summed E-state index contributed by atoms with van der Waals surface area (Å²) in [6.45, 7) is 5.07. The van der Waals surface area contributed by atoms with Crippen LogP contribution in [0.3, 0.4) is 0 Å². The molecule has 0 aliphatic heterocycles. The fraction of sp³-hybridized carbons (Fsp3) is 0.462. The summed E-state index contributed by atoms with van der Waals surface area (Å²) in [4.78, 5) is 28.1. The van der Waals surface area contributed by atoms with Gasteiger partial charge in [0.1, 0.15) is 0 Å². The van der Waals surface area contributed by atoms with E-state index in [-0.39, 0.29) is 12.1 Å². The lowest BCUT2D eigenvalue weighted by atomic mass is 9.79. The number of hydrogen-bond donors (Lipinski definition) is 0. The highest BCUT2D eigenvalue weighted by Gasteiger charge is 2.56. The maximum absolute atomic E-state index is 13.4. The molecule has 1 fully saturated rings. The molecule has 3 rings (SSSR count). The second-order valence-electron chi connectivity index (χ2n) is 10.1. The Balaban J connectivity index is 2.13. The van der Waals surface area contributed by atoms with Gasteiger partial charge in [-0.1, -0.05) is 0 Å². The Labute approximate surface area is 230 Å². The van der Waals surface area contributed by atoms with Gasteiger partial charge in [-0.05, 0) is 64.1 Å². The van der Waals surface area contributed by atoms with E-state index in [0.29, 0.717) is 34.1 Å². The predicted molar refractivity (Wildman–Crippen MR) is 126 cm³/mol. The van der Waals surface area contributed by atoms with E-state index in [1.807, 2.05) is 0 Å². The molecule has 0 unspecified atom stereocenters. The van der Waals surface area contributed by atoms with Crippen molar-refractivity contribution in [1.29, 1.82) is 0 Å². The Morgan fingerprint density at radius 3 is 0.857 bits per heavy atom. The van der Waals surface area contributed by atoms with Crippen molar-refractivity contribution in [2.75, 3.05) is 9.80 Å². The Bertz CT molecular complexity index is 1180. The number of carbonyl (C=O) groups excluding carboxylic acids is 2. The molecule has 0 N–H and O–H groups in total. The van der Waals surface area contributed by atoms with Gasteiger partial charge in [0.2, 0.25) is 0 Å². The second kappa shape index (κ2) is 10.7. The lowest BCUT2D eigenvalue weighted by Crippen LogP contribution is -2.72. The van der Waals surface area contributed by atoms with Crippen LogP contribution in [0.5, 0.6) is 0 Å². The molecular formula is C26H22F12N2O2. The fourth-order valence-corrected chi connectivity index (χ4v) is 4.70. The molecule has 2 aromatic rings. The number of halogens is 12. The molecule has 232 valence electrons. The van der Waals surface area contributed by atoms with Crippen LogP contribution in [0.1, 0.15) is 49.9 Å². The number of benzene rings is 2. The molecule has 2 aromatic carbocycles. The molecule has 42 heavy (non-hydrogen) atoms. The third kappa shape index (κ3) is 6.46. The Hall–Kier alpha value is -3.46. The van der Waals surface area contributed by atoms with Crippen LogP contribution in [0.4, 0.5) is 64.1 Å². The largest absolute Gasteiger partial charge is 0.416 e. The number of carbonyl (C=O) groups is 2. The normalized spacial score (nSPS) is 18.5. The van der Waals surface area contributed by atoms with Crippen LogP contribution in [0, 0.1) is 0 Å². The number of rotatable bonds is 6. The summed E-state index contributed by atoms with van der Waals surface area (Å²) in [6, 6.07) is -5.09. The molecule has 0 aromatic heterocycles. The summed E-state index contributed by atoms with van der Waals surface area (Å²) in [5.41, 5.74) is -8.46. The van der Waals surface area contributed by atoms with E-state index >= 15 is 0 Å². The third-order valence-electron chi connectivity index (χ3n) is 6.49. The predicted octanol–water partition coefficient (Wildman–Crippen LogP) is 7.78. The van der Waals surface area contributed by atoms with Gasteiger partial charge in [0.15, 0.2) is 23.7 Å². The molecule has 1 aliphatic rings. The van der Waals surface area contributed by atoms with Crippen molar-refractivity contribution in [3.05, 3.63) is 58.7 Å². The Morgan fingerprint density at radius 1 is 0.476 bits per heavy atom. The van der Waals surface area contributed by atoms with Crippen molar-refractivity contribution >= 4 is 22.9 Å². The second-order valence-corrected chi connectivity index (χ2v) is 10.1. The minimum atomic E-state index is -5.25. The first kappa shape index (κ1) is 33.0. The highest BCUT2D eigenvalue weighted by Crippen LogP contribution is 2.43. The van der Waals surface area contributed by atoms with Crippen molar-refractivity contribution in [3.63, 3.8) is 0 Å². The average molecular weight is 622 g/mol. The molecule has 0 amide bonds. The number of nitrogens with zero attached hydrogens (tertiary/aromatic N) is 2. The van der Waals surface area contributed by atoms with Gasteiger partial charge in [0.25, 0.3) is 0 Å². The smallest absolute Gasteiger partial charge is 0.352 e. The summed E-state index contributed by atoms with van der Waals surface area (Å²) in [7, 11) is 0. The quantitative estimate of drug-likeness (QED) is 0.244. The molecule has 1 saturated carbocycles. The standard InChI is InChI=1S/C26H22F12N2O2/c1-11(2)39(17-7-13(23(27,28)29)5-14(8-17)24(30,31)32)19-21(41)20(22(19)42)40(12(3)4)18-9-15(25(33,34)35)6-16(10-18)26(36,37)38/h5-12,19-20H,1-4H3. The van der Waals surface area contributed by atoms with Crippen LogP contribution in [-0.4, -0.2) is 35.7 Å². The molecule has 0 spiro atoms. The molecule has 0 radical (unpaired) electrons. The fourth-order valence-electron chi connectivity index (χ4n) is 4.70. The maximum Gasteiger partial charge on any atom is 0.416 e. The monoisotopic (exact) mass is 622 g/mol. The molecule has 0 atom stereocenters. The van der Waals surface area contributed by atoms with Crippen LogP contribution in [0.15, 0.2) is 36.4 Å². The van der Waals surface area contributed by atoms with Crippen molar-refractivity contribution in [2.24, 2.45) is 0 Å². The van der Waals surface area contributed by atoms with Crippen LogP contribution in [0.25, 0.3) is 0 Å². The number of Topliss-reactive ketones (excluding diaryl/α,β-unsaturated/α-hetero) is 2. The van der Waals surface area contributed by atoms with E-state index in [0.717, 1.165) is 0 Å². The SMILES string of the molecule is CC(C)N(c1cc(C(F)(F)F)cc(C(F)(F)F)c1)C1C(=O)C(N(c2cc(C(F)(F)F)cc(C(F)(F)F)c2)C(C)C)C1=O. The minimum absolute atomic E-state index is 0.151. The van der Waals surface area contributed by atoms with Gasteiger partial charge in [-0.3, -0.25) is 9.59 Å². The molecule has 4 nitrogen and oxygen atoms in total. The number of anilines is 2. The first-order valence-corrected chi connectivity index (χ1v) is 12.1. The van der Waals surface area contributed by atoms with Crippen molar-refractivity contribution < 1.29 is 62.3 Å². The summed E-state index contributed by atoms with van der Waals surface area (Å²) < 4.78 is 161. The maximum atomic E-state index is 13.4. The molecular weight excluding hydrogens is 600 g/mol. The number of ketones is 2. The van der Waals surface area contributed by atoms with E-state index in [9.17, 15) is 62.3 Å². The molecule has 1 aliphatic carbocycles. The van der Waals surface area contributed by atoms with Crippen LogP contribution in [0.2, 0.25) is 0 Å². The van der Waals surface area contributed by atoms with Crippen LogP contribution in [-0.2, 0) is 34.3 Å². The zero-order valence-electron chi connectivity index (χ0n) is 22.0. The summed E-state index contributed by atoms with van der Waals surface area (Å²) in [6.07, 6.45) is -21.0. The minimum Gasteiger partial charge on any atom is -0.352 e. The zero-order valence-corrected chi connectivity index (χ0v) is 22.0. The highest BCUT2D eigenvalue weighted by atomic mass is 19.4. The summed E-state index contributed by atoms with van der Waals surface area (Å²) in [5, 5.41) is 0. The summed E-state index contributed by atoms with van der Waals surface area (Å²) in [5.74, 6) is -2.28. The van der Waals surface area contributed by atoms with Crippen LogP contribution < -0.4 is 9.80 Å². The van der Waals surface area contributed by atoms with E-state index in [2.05, 4.69) is 0 Å². The molecule has 0 bridgehead atoms. The lowest BCUT2D eigenvalue weighted by Gasteiger charge is -2.48. The van der Waals surface area contributed by atoms with Crippen molar-refractivity contribution in [2.45, 2.75) is 76.6 Å². The van der Waals surface area contributed by atoms with E-state index < -0.39 is 94.1 Å². The third-order valence-corrected chi connectivity index (χ3v) is 6.49. The number of hydrogen-bond acceptors (Lipinski definition) is 4. The van der Waals surface area contributed by atoms with E-state index in [1.165, 1.54) is 27.7 Å². The molecule has 0 saturated heterocycles.